The van der Waals surface area contributed by atoms with Crippen LogP contribution in [0.4, 0.5) is 0 Å². The number of piperazine rings is 1. The molecule has 1 amide bonds. The van der Waals surface area contributed by atoms with Gasteiger partial charge in [-0.1, -0.05) is 11.6 Å². The van der Waals surface area contributed by atoms with Crippen LogP contribution >= 0.6 is 22.9 Å². The lowest BCUT2D eigenvalue weighted by molar-refractivity contribution is -0.124. The molecular formula is C7H8ClN3OS. The Morgan fingerprint density at radius 1 is 1.62 bits per heavy atom. The van der Waals surface area contributed by atoms with Crippen LogP contribution in [0, 0.1) is 0 Å². The molecule has 1 aliphatic rings. The van der Waals surface area contributed by atoms with Gasteiger partial charge in [-0.15, -0.1) is 11.3 Å². The van der Waals surface area contributed by atoms with Crippen LogP contribution in [0.15, 0.2) is 6.20 Å². The molecule has 4 nitrogen and oxygen atoms in total. The summed E-state index contributed by atoms with van der Waals surface area (Å²) in [6, 6.07) is -0.328. The van der Waals surface area contributed by atoms with Gasteiger partial charge in [-0.3, -0.25) is 10.1 Å². The second kappa shape index (κ2) is 3.61. The lowest BCUT2D eigenvalue weighted by Gasteiger charge is -2.21. The van der Waals surface area contributed by atoms with E-state index in [4.69, 9.17) is 11.6 Å². The van der Waals surface area contributed by atoms with Gasteiger partial charge in [0.2, 0.25) is 5.91 Å². The summed E-state index contributed by atoms with van der Waals surface area (Å²) in [5.74, 6) is -0.0303. The Labute approximate surface area is 84.3 Å². The highest BCUT2D eigenvalue weighted by molar-refractivity contribution is 7.16. The van der Waals surface area contributed by atoms with Crippen LogP contribution in [0.2, 0.25) is 4.34 Å². The molecule has 0 radical (unpaired) electrons. The molecule has 1 unspecified atom stereocenters. The lowest BCUT2D eigenvalue weighted by Crippen LogP contribution is -2.47. The van der Waals surface area contributed by atoms with Gasteiger partial charge >= 0.3 is 0 Å². The summed E-state index contributed by atoms with van der Waals surface area (Å²) < 4.78 is 0.607. The first-order chi connectivity index (χ1) is 6.27. The van der Waals surface area contributed by atoms with Gasteiger partial charge in [0.05, 0.1) is 6.20 Å². The maximum absolute atomic E-state index is 11.4. The first-order valence-electron chi connectivity index (χ1n) is 3.89. The first-order valence-corrected chi connectivity index (χ1v) is 5.09. The second-order valence-electron chi connectivity index (χ2n) is 2.68. The van der Waals surface area contributed by atoms with E-state index in [1.165, 1.54) is 11.3 Å². The van der Waals surface area contributed by atoms with Crippen molar-refractivity contribution in [3.63, 3.8) is 0 Å². The normalized spacial score (nSPS) is 22.8. The minimum atomic E-state index is -0.328. The fourth-order valence-corrected chi connectivity index (χ4v) is 2.20. The maximum Gasteiger partial charge on any atom is 0.244 e. The Morgan fingerprint density at radius 3 is 3.08 bits per heavy atom. The average molecular weight is 218 g/mol. The number of halogens is 1. The second-order valence-corrected chi connectivity index (χ2v) is 4.37. The molecule has 70 valence electrons. The molecule has 1 saturated heterocycles. The number of nitrogens with one attached hydrogen (secondary N) is 2. The topological polar surface area (TPSA) is 54.0 Å². The summed E-state index contributed by atoms with van der Waals surface area (Å²) in [5.41, 5.74) is 0. The van der Waals surface area contributed by atoms with E-state index >= 15 is 0 Å². The van der Waals surface area contributed by atoms with Crippen molar-refractivity contribution in [3.05, 3.63) is 15.5 Å². The van der Waals surface area contributed by atoms with Crippen molar-refractivity contribution < 1.29 is 4.79 Å². The Morgan fingerprint density at radius 2 is 2.46 bits per heavy atom. The molecule has 0 spiro atoms. The Balaban J connectivity index is 2.19. The average Bonchev–Trinajstić information content (AvgIpc) is 2.53. The third-order valence-corrected chi connectivity index (χ3v) is 2.96. The number of hydrogen-bond acceptors (Lipinski definition) is 4. The highest BCUT2D eigenvalue weighted by Crippen LogP contribution is 2.24. The van der Waals surface area contributed by atoms with Crippen LogP contribution in [0.5, 0.6) is 0 Å². The van der Waals surface area contributed by atoms with Crippen molar-refractivity contribution in [1.29, 1.82) is 0 Å². The number of carbonyl (C=O) groups is 1. The quantitative estimate of drug-likeness (QED) is 0.723. The van der Waals surface area contributed by atoms with Gasteiger partial charge in [-0.05, 0) is 0 Å². The third kappa shape index (κ3) is 1.82. The van der Waals surface area contributed by atoms with Gasteiger partial charge in [0.1, 0.15) is 15.4 Å². The van der Waals surface area contributed by atoms with Crippen LogP contribution in [0.25, 0.3) is 0 Å². The molecule has 1 fully saturated rings. The lowest BCUT2D eigenvalue weighted by atomic mass is 10.2. The van der Waals surface area contributed by atoms with Crippen molar-refractivity contribution in [2.24, 2.45) is 0 Å². The molecular weight excluding hydrogens is 210 g/mol. The van der Waals surface area contributed by atoms with Crippen LogP contribution < -0.4 is 10.6 Å². The van der Waals surface area contributed by atoms with E-state index < -0.39 is 0 Å². The maximum atomic E-state index is 11.4. The molecule has 13 heavy (non-hydrogen) atoms. The van der Waals surface area contributed by atoms with Crippen molar-refractivity contribution in [2.75, 3.05) is 13.1 Å². The summed E-state index contributed by atoms with van der Waals surface area (Å²) in [7, 11) is 0. The molecule has 0 saturated carbocycles. The number of carbonyl (C=O) groups excluding carboxylic acids is 1. The highest BCUT2D eigenvalue weighted by Gasteiger charge is 2.25. The fraction of sp³-hybridized carbons (Fsp3) is 0.429. The number of amides is 1. The molecule has 1 atom stereocenters. The number of hydrogen-bond donors (Lipinski definition) is 2. The summed E-state index contributed by atoms with van der Waals surface area (Å²) in [5, 5.41) is 6.56. The number of rotatable bonds is 1. The molecule has 2 N–H and O–H groups in total. The number of aromatic nitrogens is 1. The van der Waals surface area contributed by atoms with Gasteiger partial charge in [-0.25, -0.2) is 4.98 Å². The van der Waals surface area contributed by atoms with E-state index in [0.29, 0.717) is 10.9 Å². The Hall–Kier alpha value is -0.650. The van der Waals surface area contributed by atoms with Crippen molar-refractivity contribution >= 4 is 28.8 Å². The first kappa shape index (κ1) is 8.93. The minimum Gasteiger partial charge on any atom is -0.353 e. The van der Waals surface area contributed by atoms with E-state index in [0.717, 1.165) is 11.6 Å². The standard InChI is InChI=1S/C7H8ClN3OS/c8-4-3-11-7(13-4)5-6(12)10-2-1-9-5/h3,5,9H,1-2H2,(H,10,12). The molecule has 1 aliphatic heterocycles. The summed E-state index contributed by atoms with van der Waals surface area (Å²) >= 11 is 7.05. The van der Waals surface area contributed by atoms with Crippen LogP contribution in [0.3, 0.4) is 0 Å². The van der Waals surface area contributed by atoms with Crippen LogP contribution in [-0.2, 0) is 4.79 Å². The van der Waals surface area contributed by atoms with Gasteiger partial charge in [0, 0.05) is 13.1 Å². The van der Waals surface area contributed by atoms with Crippen molar-refractivity contribution in [2.45, 2.75) is 6.04 Å². The zero-order chi connectivity index (χ0) is 9.26. The van der Waals surface area contributed by atoms with E-state index in [1.807, 2.05) is 0 Å². The summed E-state index contributed by atoms with van der Waals surface area (Å²) in [6.07, 6.45) is 1.56. The molecule has 1 aromatic heterocycles. The predicted octanol–water partition coefficient (Wildman–Crippen LogP) is 0.557. The fourth-order valence-electron chi connectivity index (χ4n) is 1.20. The largest absolute Gasteiger partial charge is 0.353 e. The smallest absolute Gasteiger partial charge is 0.244 e. The van der Waals surface area contributed by atoms with E-state index in [-0.39, 0.29) is 11.9 Å². The number of thiazole rings is 1. The zero-order valence-electron chi connectivity index (χ0n) is 6.71. The zero-order valence-corrected chi connectivity index (χ0v) is 8.28. The molecule has 0 bridgehead atoms. The molecule has 6 heteroatoms. The van der Waals surface area contributed by atoms with Crippen molar-refractivity contribution in [1.82, 2.24) is 15.6 Å². The molecule has 0 aromatic carbocycles. The van der Waals surface area contributed by atoms with E-state index in [2.05, 4.69) is 15.6 Å². The summed E-state index contributed by atoms with van der Waals surface area (Å²) in [4.78, 5) is 15.4. The van der Waals surface area contributed by atoms with Crippen LogP contribution in [0.1, 0.15) is 11.0 Å². The SMILES string of the molecule is O=C1NCCNC1c1ncc(Cl)s1. The monoisotopic (exact) mass is 217 g/mol. The molecule has 0 aliphatic carbocycles. The number of nitrogens with zero attached hydrogens (tertiary/aromatic N) is 1. The highest BCUT2D eigenvalue weighted by atomic mass is 35.5. The van der Waals surface area contributed by atoms with Crippen molar-refractivity contribution in [3.8, 4) is 0 Å². The van der Waals surface area contributed by atoms with Gasteiger partial charge in [0.15, 0.2) is 0 Å². The molecule has 2 rings (SSSR count). The third-order valence-electron chi connectivity index (χ3n) is 1.78. The van der Waals surface area contributed by atoms with E-state index in [1.54, 1.807) is 6.20 Å². The van der Waals surface area contributed by atoms with E-state index in [9.17, 15) is 4.79 Å². The molecule has 2 heterocycles. The Kier molecular flexibility index (Phi) is 2.48. The Bertz CT molecular complexity index is 327. The molecule has 1 aromatic rings. The van der Waals surface area contributed by atoms with Crippen LogP contribution in [-0.4, -0.2) is 24.0 Å². The van der Waals surface area contributed by atoms with Gasteiger partial charge < -0.3 is 5.32 Å². The van der Waals surface area contributed by atoms with Gasteiger partial charge in [-0.2, -0.15) is 0 Å². The summed E-state index contributed by atoms with van der Waals surface area (Å²) in [6.45, 7) is 1.45. The van der Waals surface area contributed by atoms with Gasteiger partial charge in [0.25, 0.3) is 0 Å². The minimum absolute atomic E-state index is 0.0303. The predicted molar refractivity (Wildman–Crippen MR) is 50.9 cm³/mol.